The fourth-order valence-electron chi connectivity index (χ4n) is 4.97. The Morgan fingerprint density at radius 1 is 0.833 bits per heavy atom. The SMILES string of the molecule is CC(C)(c1cc(N2CCCC2)cc(C(=O)O)n1)c1cc(N2CCCC2)cc(-c2ccc(F)nc2F)n1. The zero-order valence-corrected chi connectivity index (χ0v) is 20.5. The molecule has 9 heteroatoms. The van der Waals surface area contributed by atoms with Crippen molar-refractivity contribution >= 4 is 17.3 Å². The molecule has 0 radical (unpaired) electrons. The monoisotopic (exact) mass is 493 g/mol. The molecule has 36 heavy (non-hydrogen) atoms. The van der Waals surface area contributed by atoms with E-state index in [-0.39, 0.29) is 11.3 Å². The number of anilines is 2. The number of hydrogen-bond donors (Lipinski definition) is 1. The number of rotatable bonds is 6. The van der Waals surface area contributed by atoms with E-state index in [2.05, 4.69) is 19.8 Å². The van der Waals surface area contributed by atoms with Crippen LogP contribution in [0.4, 0.5) is 20.2 Å². The molecule has 0 amide bonds. The number of nitrogens with zero attached hydrogens (tertiary/aromatic N) is 5. The summed E-state index contributed by atoms with van der Waals surface area (Å²) in [7, 11) is 0. The average Bonchev–Trinajstić information content (AvgIpc) is 3.58. The maximum absolute atomic E-state index is 14.7. The van der Waals surface area contributed by atoms with Crippen molar-refractivity contribution in [3.63, 3.8) is 0 Å². The number of carbonyl (C=O) groups is 1. The van der Waals surface area contributed by atoms with Gasteiger partial charge in [-0.1, -0.05) is 0 Å². The second-order valence-electron chi connectivity index (χ2n) is 9.98. The van der Waals surface area contributed by atoms with Gasteiger partial charge in [-0.15, -0.1) is 0 Å². The second-order valence-corrected chi connectivity index (χ2v) is 9.98. The molecule has 0 atom stereocenters. The molecule has 2 aliphatic rings. The summed E-state index contributed by atoms with van der Waals surface area (Å²) in [6.45, 7) is 7.36. The Kier molecular flexibility index (Phi) is 6.32. The third kappa shape index (κ3) is 4.62. The number of aromatic carboxylic acids is 1. The van der Waals surface area contributed by atoms with Crippen LogP contribution in [-0.4, -0.2) is 52.2 Å². The van der Waals surface area contributed by atoms with Crippen molar-refractivity contribution in [1.29, 1.82) is 0 Å². The van der Waals surface area contributed by atoms with E-state index in [1.807, 2.05) is 26.0 Å². The summed E-state index contributed by atoms with van der Waals surface area (Å²) in [6, 6.07) is 9.79. The number of aromatic nitrogens is 3. The number of hydrogen-bond acceptors (Lipinski definition) is 6. The summed E-state index contributed by atoms with van der Waals surface area (Å²) >= 11 is 0. The molecule has 0 aromatic carbocycles. The second kappa shape index (κ2) is 9.44. The van der Waals surface area contributed by atoms with Gasteiger partial charge in [0.15, 0.2) is 5.69 Å². The molecule has 1 N–H and O–H groups in total. The molecule has 2 saturated heterocycles. The van der Waals surface area contributed by atoms with Gasteiger partial charge in [-0.3, -0.25) is 4.98 Å². The standard InChI is InChI=1S/C27H29F2N5O2/c1-27(2,23-16-18(34-11-5-6-12-34)14-21(31-23)26(35)36)22-15-17(33-9-3-4-10-33)13-20(30-22)19-7-8-24(28)32-25(19)29/h7-8,13-16H,3-6,9-12H2,1-2H3,(H,35,36). The zero-order chi connectivity index (χ0) is 25.4. The lowest BCUT2D eigenvalue weighted by atomic mass is 9.83. The molecule has 0 saturated carbocycles. The lowest BCUT2D eigenvalue weighted by molar-refractivity contribution is 0.0690. The van der Waals surface area contributed by atoms with Gasteiger partial charge in [0.1, 0.15) is 0 Å². The number of carboxylic acids is 1. The van der Waals surface area contributed by atoms with Crippen molar-refractivity contribution in [3.8, 4) is 11.3 Å². The smallest absolute Gasteiger partial charge is 0.354 e. The molecule has 7 nitrogen and oxygen atoms in total. The van der Waals surface area contributed by atoms with Crippen LogP contribution in [0.3, 0.4) is 0 Å². The highest BCUT2D eigenvalue weighted by molar-refractivity contribution is 5.86. The molecule has 0 bridgehead atoms. The van der Waals surface area contributed by atoms with Gasteiger partial charge >= 0.3 is 5.97 Å². The van der Waals surface area contributed by atoms with E-state index in [1.54, 1.807) is 12.1 Å². The van der Waals surface area contributed by atoms with Crippen molar-refractivity contribution in [3.05, 3.63) is 65.4 Å². The Morgan fingerprint density at radius 2 is 1.39 bits per heavy atom. The molecule has 2 aliphatic heterocycles. The molecule has 5 heterocycles. The van der Waals surface area contributed by atoms with Gasteiger partial charge in [0.2, 0.25) is 11.9 Å². The minimum Gasteiger partial charge on any atom is -0.477 e. The van der Waals surface area contributed by atoms with Gasteiger partial charge < -0.3 is 14.9 Å². The molecule has 188 valence electrons. The summed E-state index contributed by atoms with van der Waals surface area (Å²) in [5.41, 5.74) is 2.54. The van der Waals surface area contributed by atoms with Gasteiger partial charge in [0, 0.05) is 43.0 Å². The number of pyridine rings is 3. The van der Waals surface area contributed by atoms with Crippen LogP contribution in [-0.2, 0) is 5.41 Å². The Morgan fingerprint density at radius 3 is 1.94 bits per heavy atom. The first-order chi connectivity index (χ1) is 17.2. The maximum atomic E-state index is 14.7. The lowest BCUT2D eigenvalue weighted by Crippen LogP contribution is -2.27. The van der Waals surface area contributed by atoms with E-state index >= 15 is 0 Å². The molecule has 3 aromatic rings. The molecule has 5 rings (SSSR count). The topological polar surface area (TPSA) is 82.5 Å². The van der Waals surface area contributed by atoms with Crippen LogP contribution >= 0.6 is 0 Å². The summed E-state index contributed by atoms with van der Waals surface area (Å²) in [4.78, 5) is 28.9. The van der Waals surface area contributed by atoms with Crippen LogP contribution in [0.25, 0.3) is 11.3 Å². The van der Waals surface area contributed by atoms with Crippen LogP contribution in [0.5, 0.6) is 0 Å². The lowest BCUT2D eigenvalue weighted by Gasteiger charge is -2.29. The van der Waals surface area contributed by atoms with Gasteiger partial charge in [0.05, 0.1) is 22.6 Å². The first kappa shape index (κ1) is 24.1. The number of halogens is 2. The molecular weight excluding hydrogens is 464 g/mol. The summed E-state index contributed by atoms with van der Waals surface area (Å²) in [6.07, 6.45) is 4.24. The van der Waals surface area contributed by atoms with Crippen molar-refractivity contribution < 1.29 is 18.7 Å². The Labute approximate surface area is 208 Å². The van der Waals surface area contributed by atoms with Crippen LogP contribution in [0.2, 0.25) is 0 Å². The third-order valence-corrected chi connectivity index (χ3v) is 7.15. The molecule has 0 unspecified atom stereocenters. The molecule has 3 aromatic heterocycles. The minimum atomic E-state index is -1.09. The maximum Gasteiger partial charge on any atom is 0.354 e. The molecule has 0 spiro atoms. The normalized spacial score (nSPS) is 16.1. The van der Waals surface area contributed by atoms with E-state index in [4.69, 9.17) is 4.98 Å². The fraction of sp³-hybridized carbons (Fsp3) is 0.407. The number of carboxylic acid groups (broad SMARTS) is 1. The summed E-state index contributed by atoms with van der Waals surface area (Å²) in [5.74, 6) is -2.91. The van der Waals surface area contributed by atoms with Crippen LogP contribution < -0.4 is 9.80 Å². The van der Waals surface area contributed by atoms with Gasteiger partial charge in [-0.05, 0) is 75.9 Å². The van der Waals surface area contributed by atoms with E-state index in [0.29, 0.717) is 17.1 Å². The summed E-state index contributed by atoms with van der Waals surface area (Å²) < 4.78 is 28.2. The van der Waals surface area contributed by atoms with Crippen molar-refractivity contribution in [2.75, 3.05) is 36.0 Å². The fourth-order valence-corrected chi connectivity index (χ4v) is 4.97. The average molecular weight is 494 g/mol. The van der Waals surface area contributed by atoms with Gasteiger partial charge in [-0.2, -0.15) is 13.8 Å². The predicted molar refractivity (Wildman–Crippen MR) is 134 cm³/mol. The third-order valence-electron chi connectivity index (χ3n) is 7.15. The molecule has 2 fully saturated rings. The van der Waals surface area contributed by atoms with Crippen LogP contribution in [0, 0.1) is 11.9 Å². The molecule has 0 aliphatic carbocycles. The van der Waals surface area contributed by atoms with Crippen LogP contribution in [0.1, 0.15) is 61.4 Å². The highest BCUT2D eigenvalue weighted by Gasteiger charge is 2.31. The quantitative estimate of drug-likeness (QED) is 0.482. The highest BCUT2D eigenvalue weighted by Crippen LogP contribution is 2.37. The van der Waals surface area contributed by atoms with E-state index in [9.17, 15) is 18.7 Å². The van der Waals surface area contributed by atoms with Gasteiger partial charge in [0.25, 0.3) is 0 Å². The zero-order valence-electron chi connectivity index (χ0n) is 20.5. The minimum absolute atomic E-state index is 0.0211. The van der Waals surface area contributed by atoms with E-state index in [1.165, 1.54) is 6.07 Å². The van der Waals surface area contributed by atoms with Gasteiger partial charge in [-0.25, -0.2) is 9.78 Å². The first-order valence-corrected chi connectivity index (χ1v) is 12.3. The van der Waals surface area contributed by atoms with Crippen molar-refractivity contribution in [2.45, 2.75) is 44.9 Å². The van der Waals surface area contributed by atoms with Crippen LogP contribution in [0.15, 0.2) is 36.4 Å². The largest absolute Gasteiger partial charge is 0.477 e. The first-order valence-electron chi connectivity index (χ1n) is 12.3. The predicted octanol–water partition coefficient (Wildman–Crippen LogP) is 5.04. The highest BCUT2D eigenvalue weighted by atomic mass is 19.1. The molecular formula is C27H29F2N5O2. The van der Waals surface area contributed by atoms with E-state index < -0.39 is 23.3 Å². The van der Waals surface area contributed by atoms with Crippen molar-refractivity contribution in [1.82, 2.24) is 15.0 Å². The Bertz CT molecular complexity index is 1300. The van der Waals surface area contributed by atoms with Crippen molar-refractivity contribution in [2.24, 2.45) is 0 Å². The summed E-state index contributed by atoms with van der Waals surface area (Å²) in [5, 5.41) is 9.76. The van der Waals surface area contributed by atoms with E-state index in [0.717, 1.165) is 69.3 Å². The Hall–Kier alpha value is -3.62. The Balaban J connectivity index is 1.65.